The maximum atomic E-state index is 12.8. The Bertz CT molecular complexity index is 936. The van der Waals surface area contributed by atoms with Crippen molar-refractivity contribution in [3.8, 4) is 0 Å². The van der Waals surface area contributed by atoms with E-state index >= 15 is 0 Å². The topological polar surface area (TPSA) is 96.2 Å². The molecule has 26 heavy (non-hydrogen) atoms. The first-order valence-electron chi connectivity index (χ1n) is 8.75. The van der Waals surface area contributed by atoms with Gasteiger partial charge in [0.2, 0.25) is 0 Å². The number of hydrogen-bond donors (Lipinski definition) is 2. The summed E-state index contributed by atoms with van der Waals surface area (Å²) < 4.78 is 5.87. The molecule has 2 N–H and O–H groups in total. The van der Waals surface area contributed by atoms with Crippen molar-refractivity contribution in [2.45, 2.75) is 37.8 Å². The molecular formula is C20H19NO5. The quantitative estimate of drug-likeness (QED) is 0.850. The highest BCUT2D eigenvalue weighted by Gasteiger charge is 2.82. The van der Waals surface area contributed by atoms with E-state index in [0.29, 0.717) is 12.1 Å². The third-order valence-corrected chi connectivity index (χ3v) is 7.20. The minimum absolute atomic E-state index is 0.496. The van der Waals surface area contributed by atoms with Crippen molar-refractivity contribution < 1.29 is 24.5 Å². The van der Waals surface area contributed by atoms with Crippen LogP contribution in [0.25, 0.3) is 0 Å². The fraction of sp³-hybridized carbons (Fsp3) is 0.450. The lowest BCUT2D eigenvalue weighted by molar-refractivity contribution is -0.187. The predicted molar refractivity (Wildman–Crippen MR) is 92.0 cm³/mol. The molecule has 3 heterocycles. The van der Waals surface area contributed by atoms with E-state index in [1.54, 1.807) is 20.1 Å². The fourth-order valence-corrected chi connectivity index (χ4v) is 6.52. The van der Waals surface area contributed by atoms with E-state index in [2.05, 4.69) is 4.99 Å². The van der Waals surface area contributed by atoms with Crippen molar-refractivity contribution in [2.75, 3.05) is 0 Å². The summed E-state index contributed by atoms with van der Waals surface area (Å²) in [7, 11) is 0. The van der Waals surface area contributed by atoms with E-state index in [1.165, 1.54) is 0 Å². The SMILES string of the molecule is CC1=NC2(C)C(C(=O)O)C3c4ccccc4CC4(C=COC24)C13C(=O)O. The van der Waals surface area contributed by atoms with Gasteiger partial charge < -0.3 is 14.9 Å². The largest absolute Gasteiger partial charge is 0.495 e. The van der Waals surface area contributed by atoms with Crippen LogP contribution >= 0.6 is 0 Å². The van der Waals surface area contributed by atoms with Crippen LogP contribution in [-0.2, 0) is 20.7 Å². The van der Waals surface area contributed by atoms with Gasteiger partial charge in [-0.2, -0.15) is 0 Å². The summed E-state index contributed by atoms with van der Waals surface area (Å²) in [5.41, 5.74) is -0.959. The Kier molecular flexibility index (Phi) is 2.62. The highest BCUT2D eigenvalue weighted by atomic mass is 16.5. The van der Waals surface area contributed by atoms with Crippen LogP contribution in [0.15, 0.2) is 41.6 Å². The van der Waals surface area contributed by atoms with E-state index in [-0.39, 0.29) is 0 Å². The van der Waals surface area contributed by atoms with Crippen LogP contribution < -0.4 is 0 Å². The molecule has 1 aromatic carbocycles. The number of carboxylic acids is 2. The summed E-state index contributed by atoms with van der Waals surface area (Å²) in [6, 6.07) is 7.60. The average molecular weight is 353 g/mol. The highest BCUT2D eigenvalue weighted by Crippen LogP contribution is 2.73. The van der Waals surface area contributed by atoms with Crippen LogP contribution in [0.3, 0.4) is 0 Å². The van der Waals surface area contributed by atoms with Crippen LogP contribution in [0.2, 0.25) is 0 Å². The summed E-state index contributed by atoms with van der Waals surface area (Å²) in [5.74, 6) is -3.71. The van der Waals surface area contributed by atoms with Gasteiger partial charge in [0.15, 0.2) is 0 Å². The lowest BCUT2D eigenvalue weighted by atomic mass is 9.36. The van der Waals surface area contributed by atoms with Gasteiger partial charge in [0, 0.05) is 11.6 Å². The first kappa shape index (κ1) is 15.6. The van der Waals surface area contributed by atoms with E-state index in [1.807, 2.05) is 30.3 Å². The molecule has 6 nitrogen and oxygen atoms in total. The van der Waals surface area contributed by atoms with Crippen molar-refractivity contribution in [3.05, 3.63) is 47.7 Å². The minimum Gasteiger partial charge on any atom is -0.495 e. The van der Waals surface area contributed by atoms with Crippen LogP contribution in [0.1, 0.15) is 30.9 Å². The van der Waals surface area contributed by atoms with Crippen molar-refractivity contribution in [1.29, 1.82) is 0 Å². The number of rotatable bonds is 2. The number of carbonyl (C=O) groups is 2. The number of fused-ring (bicyclic) bond motifs is 1. The van der Waals surface area contributed by atoms with Crippen molar-refractivity contribution in [3.63, 3.8) is 0 Å². The molecule has 1 aromatic rings. The summed E-state index contributed by atoms with van der Waals surface area (Å²) in [6.45, 7) is 3.53. The first-order chi connectivity index (χ1) is 12.3. The average Bonchev–Trinajstić information content (AvgIpc) is 2.99. The van der Waals surface area contributed by atoms with Gasteiger partial charge in [-0.15, -0.1) is 0 Å². The molecule has 1 saturated carbocycles. The van der Waals surface area contributed by atoms with E-state index in [9.17, 15) is 19.8 Å². The van der Waals surface area contributed by atoms with Crippen molar-refractivity contribution in [2.24, 2.45) is 21.7 Å². The van der Waals surface area contributed by atoms with Crippen LogP contribution in [0.4, 0.5) is 0 Å². The number of benzene rings is 1. The second-order valence-corrected chi connectivity index (χ2v) is 8.06. The van der Waals surface area contributed by atoms with Gasteiger partial charge in [0.05, 0.1) is 17.6 Å². The lowest BCUT2D eigenvalue weighted by Crippen LogP contribution is -2.78. The van der Waals surface area contributed by atoms with E-state index in [0.717, 1.165) is 11.1 Å². The molecule has 6 unspecified atom stereocenters. The number of carboxylic acid groups (broad SMARTS) is 2. The summed E-state index contributed by atoms with van der Waals surface area (Å²) in [5, 5.41) is 20.6. The number of ether oxygens (including phenoxy) is 1. The van der Waals surface area contributed by atoms with Crippen LogP contribution in [0, 0.1) is 16.7 Å². The van der Waals surface area contributed by atoms with E-state index < -0.39 is 46.2 Å². The Morgan fingerprint density at radius 1 is 1.27 bits per heavy atom. The van der Waals surface area contributed by atoms with Gasteiger partial charge in [-0.1, -0.05) is 24.3 Å². The third-order valence-electron chi connectivity index (χ3n) is 7.20. The predicted octanol–water partition coefficient (Wildman–Crippen LogP) is 2.24. The monoisotopic (exact) mass is 353 g/mol. The third kappa shape index (κ3) is 1.31. The molecule has 3 aliphatic heterocycles. The Morgan fingerprint density at radius 3 is 2.69 bits per heavy atom. The molecule has 0 saturated heterocycles. The molecule has 2 aliphatic carbocycles. The molecule has 0 radical (unpaired) electrons. The Hall–Kier alpha value is -2.63. The molecule has 5 aliphatic rings. The molecular weight excluding hydrogens is 334 g/mol. The van der Waals surface area contributed by atoms with Gasteiger partial charge in [-0.05, 0) is 37.5 Å². The molecule has 0 amide bonds. The van der Waals surface area contributed by atoms with Gasteiger partial charge in [-0.3, -0.25) is 14.6 Å². The molecule has 6 rings (SSSR count). The van der Waals surface area contributed by atoms with Gasteiger partial charge in [0.1, 0.15) is 17.1 Å². The molecule has 0 aromatic heterocycles. The Labute approximate surface area is 150 Å². The number of hydrogen-bond acceptors (Lipinski definition) is 4. The smallest absolute Gasteiger partial charge is 0.317 e. The van der Waals surface area contributed by atoms with E-state index in [4.69, 9.17) is 4.74 Å². The molecule has 4 bridgehead atoms. The Morgan fingerprint density at radius 2 is 2.00 bits per heavy atom. The summed E-state index contributed by atoms with van der Waals surface area (Å²) in [4.78, 5) is 29.9. The maximum absolute atomic E-state index is 12.8. The lowest BCUT2D eigenvalue weighted by Gasteiger charge is -2.67. The molecule has 134 valence electrons. The summed E-state index contributed by atoms with van der Waals surface area (Å²) >= 11 is 0. The van der Waals surface area contributed by atoms with Gasteiger partial charge >= 0.3 is 11.9 Å². The van der Waals surface area contributed by atoms with Crippen LogP contribution in [-0.4, -0.2) is 39.5 Å². The van der Waals surface area contributed by atoms with Crippen molar-refractivity contribution in [1.82, 2.24) is 0 Å². The first-order valence-corrected chi connectivity index (χ1v) is 8.75. The normalized spacial score (nSPS) is 43.9. The fourth-order valence-electron chi connectivity index (χ4n) is 6.52. The minimum atomic E-state index is -1.42. The zero-order valence-corrected chi connectivity index (χ0v) is 14.5. The van der Waals surface area contributed by atoms with Gasteiger partial charge in [0.25, 0.3) is 0 Å². The maximum Gasteiger partial charge on any atom is 0.317 e. The standard InChI is InChI=1S/C20H19NO5/c1-10-20(17(24)25)13-12-6-4-3-5-11(12)9-19(20)7-8-26-16(19)18(2,21-10)14(13)15(22)23/h3-8,13-14,16H,9H2,1-2H3,(H,22,23)(H,24,25). The van der Waals surface area contributed by atoms with Gasteiger partial charge in [-0.25, -0.2) is 0 Å². The second kappa shape index (κ2) is 4.37. The highest BCUT2D eigenvalue weighted by molar-refractivity contribution is 6.10. The number of nitrogens with zero attached hydrogens (tertiary/aromatic N) is 1. The number of aliphatic carboxylic acids is 2. The number of aliphatic imine (C=N–C) groups is 1. The Balaban J connectivity index is 1.97. The second-order valence-electron chi connectivity index (χ2n) is 8.06. The molecule has 6 atom stereocenters. The summed E-state index contributed by atoms with van der Waals surface area (Å²) in [6.07, 6.45) is 3.29. The molecule has 1 fully saturated rings. The zero-order chi connectivity index (χ0) is 18.5. The molecule has 1 spiro atoms. The zero-order valence-electron chi connectivity index (χ0n) is 14.5. The molecule has 6 heteroatoms. The van der Waals surface area contributed by atoms with Crippen LogP contribution in [0.5, 0.6) is 0 Å². The van der Waals surface area contributed by atoms with Crippen molar-refractivity contribution >= 4 is 17.7 Å².